The zero-order valence-corrected chi connectivity index (χ0v) is 9.92. The van der Waals surface area contributed by atoms with Crippen LogP contribution >= 0.6 is 11.3 Å². The Balaban J connectivity index is 1.98. The maximum Gasteiger partial charge on any atom is 0.180 e. The zero-order valence-electron chi connectivity index (χ0n) is 9.10. The van der Waals surface area contributed by atoms with Crippen LogP contribution in [0.5, 0.6) is 0 Å². The number of anilines is 1. The normalized spacial score (nSPS) is 26.3. The van der Waals surface area contributed by atoms with Crippen molar-refractivity contribution < 1.29 is 9.26 Å². The van der Waals surface area contributed by atoms with Crippen molar-refractivity contribution in [1.29, 1.82) is 0 Å². The van der Waals surface area contributed by atoms with Crippen LogP contribution in [-0.2, 0) is 4.74 Å². The average Bonchev–Trinajstić information content (AvgIpc) is 2.76. The highest BCUT2D eigenvalue weighted by molar-refractivity contribution is 7.22. The van der Waals surface area contributed by atoms with E-state index in [2.05, 4.69) is 12.1 Å². The number of fused-ring (bicyclic) bond motifs is 1. The third-order valence-corrected chi connectivity index (χ3v) is 4.03. The maximum absolute atomic E-state index is 5.77. The fraction of sp³-hybridized carbons (Fsp3) is 0.545. The predicted octanol–water partition coefficient (Wildman–Crippen LogP) is 2.75. The Labute approximate surface area is 97.4 Å². The van der Waals surface area contributed by atoms with Gasteiger partial charge in [0.25, 0.3) is 0 Å². The molecule has 86 valence electrons. The second-order valence-electron chi connectivity index (χ2n) is 4.31. The fourth-order valence-electron chi connectivity index (χ4n) is 2.28. The molecule has 2 aromatic rings. The number of nitrogens with zero attached hydrogens (tertiary/aromatic N) is 1. The van der Waals surface area contributed by atoms with Crippen molar-refractivity contribution in [2.24, 2.45) is 0 Å². The highest BCUT2D eigenvalue weighted by Gasteiger charge is 2.26. The molecule has 1 fully saturated rings. The minimum absolute atomic E-state index is 0.308. The van der Waals surface area contributed by atoms with Gasteiger partial charge >= 0.3 is 0 Å². The van der Waals surface area contributed by atoms with E-state index >= 15 is 0 Å². The number of hydrogen-bond donors (Lipinski definition) is 1. The van der Waals surface area contributed by atoms with Crippen molar-refractivity contribution in [2.45, 2.75) is 31.8 Å². The lowest BCUT2D eigenvalue weighted by atomic mass is 9.93. The molecule has 3 rings (SSSR count). The van der Waals surface area contributed by atoms with Crippen molar-refractivity contribution >= 4 is 26.6 Å². The first kappa shape index (κ1) is 10.1. The minimum Gasteiger partial charge on any atom is -0.390 e. The standard InChI is InChI=1S/C11H14N2O2S/c1-6-4-7(2-3-14-6)10-11-8(15-13-10)5-9(12)16-11/h5-7H,2-4,12H2,1H3. The highest BCUT2D eigenvalue weighted by atomic mass is 32.1. The highest BCUT2D eigenvalue weighted by Crippen LogP contribution is 2.38. The molecule has 0 bridgehead atoms. The third-order valence-electron chi connectivity index (χ3n) is 3.06. The Morgan fingerprint density at radius 3 is 3.25 bits per heavy atom. The molecule has 0 spiro atoms. The second kappa shape index (κ2) is 3.75. The molecule has 0 radical (unpaired) electrons. The Hall–Kier alpha value is -1.07. The average molecular weight is 238 g/mol. The molecule has 2 atom stereocenters. The lowest BCUT2D eigenvalue weighted by molar-refractivity contribution is 0.0178. The third kappa shape index (κ3) is 1.60. The summed E-state index contributed by atoms with van der Waals surface area (Å²) in [6.07, 6.45) is 2.34. The van der Waals surface area contributed by atoms with Crippen molar-refractivity contribution in [1.82, 2.24) is 5.16 Å². The molecular formula is C11H14N2O2S. The summed E-state index contributed by atoms with van der Waals surface area (Å²) >= 11 is 1.56. The summed E-state index contributed by atoms with van der Waals surface area (Å²) in [4.78, 5) is 0. The lowest BCUT2D eigenvalue weighted by Crippen LogP contribution is -2.21. The van der Waals surface area contributed by atoms with Crippen molar-refractivity contribution in [3.8, 4) is 0 Å². The number of aromatic nitrogens is 1. The molecule has 1 saturated heterocycles. The van der Waals surface area contributed by atoms with E-state index < -0.39 is 0 Å². The monoisotopic (exact) mass is 238 g/mol. The van der Waals surface area contributed by atoms with E-state index in [9.17, 15) is 0 Å². The quantitative estimate of drug-likeness (QED) is 0.829. The van der Waals surface area contributed by atoms with E-state index in [1.807, 2.05) is 6.07 Å². The molecule has 5 heteroatoms. The van der Waals surface area contributed by atoms with Crippen molar-refractivity contribution in [2.75, 3.05) is 12.3 Å². The Kier molecular flexibility index (Phi) is 2.37. The SMILES string of the molecule is CC1CC(c2noc3cc(N)sc23)CCO1. The molecule has 16 heavy (non-hydrogen) atoms. The molecular weight excluding hydrogens is 224 g/mol. The Morgan fingerprint density at radius 1 is 1.56 bits per heavy atom. The summed E-state index contributed by atoms with van der Waals surface area (Å²) in [6, 6.07) is 1.85. The predicted molar refractivity (Wildman–Crippen MR) is 63.7 cm³/mol. The number of ether oxygens (including phenoxy) is 1. The van der Waals surface area contributed by atoms with Crippen LogP contribution in [0.25, 0.3) is 10.3 Å². The van der Waals surface area contributed by atoms with E-state index in [0.717, 1.165) is 40.4 Å². The van der Waals surface area contributed by atoms with Crippen LogP contribution in [0.3, 0.4) is 0 Å². The topological polar surface area (TPSA) is 61.3 Å². The first-order chi connectivity index (χ1) is 7.74. The van der Waals surface area contributed by atoms with Crippen LogP contribution in [0, 0.1) is 0 Å². The summed E-state index contributed by atoms with van der Waals surface area (Å²) in [5.41, 5.74) is 7.65. The largest absolute Gasteiger partial charge is 0.390 e. The molecule has 2 aromatic heterocycles. The van der Waals surface area contributed by atoms with Crippen LogP contribution in [-0.4, -0.2) is 17.9 Å². The van der Waals surface area contributed by atoms with Gasteiger partial charge in [-0.15, -0.1) is 11.3 Å². The van der Waals surface area contributed by atoms with Crippen LogP contribution in [0.4, 0.5) is 5.00 Å². The summed E-state index contributed by atoms with van der Waals surface area (Å²) in [6.45, 7) is 2.91. The molecule has 0 aromatic carbocycles. The maximum atomic E-state index is 5.77. The number of thiophene rings is 1. The zero-order chi connectivity index (χ0) is 11.1. The van der Waals surface area contributed by atoms with E-state index in [0.29, 0.717) is 12.0 Å². The van der Waals surface area contributed by atoms with Gasteiger partial charge in [-0.2, -0.15) is 0 Å². The van der Waals surface area contributed by atoms with E-state index in [-0.39, 0.29) is 0 Å². The number of nitrogen functional groups attached to an aromatic ring is 1. The van der Waals surface area contributed by atoms with E-state index in [1.165, 1.54) is 0 Å². The van der Waals surface area contributed by atoms with Crippen LogP contribution < -0.4 is 5.73 Å². The van der Waals surface area contributed by atoms with Gasteiger partial charge in [-0.25, -0.2) is 0 Å². The first-order valence-corrected chi connectivity index (χ1v) is 6.32. The summed E-state index contributed by atoms with van der Waals surface area (Å²) in [7, 11) is 0. The van der Waals surface area contributed by atoms with Gasteiger partial charge in [0.2, 0.25) is 0 Å². The van der Waals surface area contributed by atoms with Gasteiger partial charge in [0.05, 0.1) is 15.8 Å². The molecule has 0 aliphatic carbocycles. The molecule has 2 unspecified atom stereocenters. The number of hydrogen-bond acceptors (Lipinski definition) is 5. The molecule has 1 aliphatic heterocycles. The van der Waals surface area contributed by atoms with Gasteiger partial charge in [-0.05, 0) is 19.8 Å². The summed E-state index contributed by atoms with van der Waals surface area (Å²) in [5.74, 6) is 0.447. The van der Waals surface area contributed by atoms with Gasteiger partial charge in [0.1, 0.15) is 5.69 Å². The smallest absolute Gasteiger partial charge is 0.180 e. The van der Waals surface area contributed by atoms with Gasteiger partial charge in [-0.1, -0.05) is 5.16 Å². The summed E-state index contributed by atoms with van der Waals surface area (Å²) in [5, 5.41) is 4.97. The molecule has 4 nitrogen and oxygen atoms in total. The lowest BCUT2D eigenvalue weighted by Gasteiger charge is -2.25. The molecule has 2 N–H and O–H groups in total. The van der Waals surface area contributed by atoms with Crippen LogP contribution in [0.15, 0.2) is 10.6 Å². The Bertz CT molecular complexity index is 505. The van der Waals surface area contributed by atoms with Gasteiger partial charge in [-0.3, -0.25) is 0 Å². The number of rotatable bonds is 1. The minimum atomic E-state index is 0.308. The second-order valence-corrected chi connectivity index (χ2v) is 5.40. The van der Waals surface area contributed by atoms with Crippen LogP contribution in [0.2, 0.25) is 0 Å². The fourth-order valence-corrected chi connectivity index (χ4v) is 3.19. The Morgan fingerprint density at radius 2 is 2.44 bits per heavy atom. The number of nitrogens with two attached hydrogens (primary N) is 1. The van der Waals surface area contributed by atoms with E-state index in [1.54, 1.807) is 11.3 Å². The van der Waals surface area contributed by atoms with Crippen molar-refractivity contribution in [3.05, 3.63) is 11.8 Å². The summed E-state index contributed by atoms with van der Waals surface area (Å²) < 4.78 is 11.9. The first-order valence-electron chi connectivity index (χ1n) is 5.50. The van der Waals surface area contributed by atoms with Gasteiger partial charge < -0.3 is 15.0 Å². The van der Waals surface area contributed by atoms with E-state index in [4.69, 9.17) is 15.0 Å². The molecule has 1 aliphatic rings. The van der Waals surface area contributed by atoms with Crippen LogP contribution in [0.1, 0.15) is 31.4 Å². The van der Waals surface area contributed by atoms with Crippen molar-refractivity contribution in [3.63, 3.8) is 0 Å². The molecule has 0 saturated carbocycles. The molecule has 3 heterocycles. The molecule has 0 amide bonds. The van der Waals surface area contributed by atoms with Gasteiger partial charge in [0, 0.05) is 18.6 Å². The van der Waals surface area contributed by atoms with Gasteiger partial charge in [0.15, 0.2) is 5.58 Å².